The van der Waals surface area contributed by atoms with Crippen molar-refractivity contribution in [1.82, 2.24) is 4.31 Å². The van der Waals surface area contributed by atoms with Crippen molar-refractivity contribution in [1.29, 1.82) is 0 Å². The standard InChI is InChI=1S/C25H28N2O3S/c28-25(26-24-13-12-21-10-4-5-11-23(21)19-24)22-14-16-27(17-15-22)31(29,30)18-6-9-20-7-2-1-3-8-20/h1-5,7-8,10-13,19,22H,6,9,14-18H2,(H,26,28). The number of aryl methyl sites for hydroxylation is 1. The van der Waals surface area contributed by atoms with Gasteiger partial charge in [0.1, 0.15) is 0 Å². The SMILES string of the molecule is O=C(Nc1ccc2ccccc2c1)C1CCN(S(=O)(=O)CCCc2ccccc2)CC1. The summed E-state index contributed by atoms with van der Waals surface area (Å²) in [7, 11) is -3.28. The normalized spacial score (nSPS) is 15.7. The van der Waals surface area contributed by atoms with Crippen molar-refractivity contribution in [2.24, 2.45) is 5.92 Å². The number of anilines is 1. The first-order valence-electron chi connectivity index (χ1n) is 10.8. The maximum absolute atomic E-state index is 12.7. The van der Waals surface area contributed by atoms with Crippen LogP contribution < -0.4 is 5.32 Å². The second-order valence-electron chi connectivity index (χ2n) is 8.13. The van der Waals surface area contributed by atoms with Gasteiger partial charge in [0.15, 0.2) is 0 Å². The van der Waals surface area contributed by atoms with Gasteiger partial charge < -0.3 is 5.32 Å². The molecule has 0 atom stereocenters. The van der Waals surface area contributed by atoms with E-state index >= 15 is 0 Å². The smallest absolute Gasteiger partial charge is 0.227 e. The Kier molecular flexibility index (Phi) is 6.68. The first-order valence-corrected chi connectivity index (χ1v) is 12.4. The Bertz CT molecular complexity index is 1140. The molecule has 1 aliphatic rings. The van der Waals surface area contributed by atoms with E-state index in [9.17, 15) is 13.2 Å². The van der Waals surface area contributed by atoms with Gasteiger partial charge in [0.05, 0.1) is 5.75 Å². The summed E-state index contributed by atoms with van der Waals surface area (Å²) in [5.41, 5.74) is 1.93. The van der Waals surface area contributed by atoms with Crippen molar-refractivity contribution in [3.8, 4) is 0 Å². The van der Waals surface area contributed by atoms with Crippen LogP contribution in [0.25, 0.3) is 10.8 Å². The number of nitrogens with one attached hydrogen (secondary N) is 1. The molecule has 1 fully saturated rings. The third kappa shape index (κ3) is 5.51. The van der Waals surface area contributed by atoms with E-state index in [-0.39, 0.29) is 17.6 Å². The second kappa shape index (κ2) is 9.62. The van der Waals surface area contributed by atoms with E-state index in [2.05, 4.69) is 5.32 Å². The molecule has 5 nitrogen and oxygen atoms in total. The molecule has 0 aliphatic carbocycles. The summed E-state index contributed by atoms with van der Waals surface area (Å²) in [6.07, 6.45) is 2.47. The lowest BCUT2D eigenvalue weighted by molar-refractivity contribution is -0.120. The predicted molar refractivity (Wildman–Crippen MR) is 125 cm³/mol. The number of hydrogen-bond acceptors (Lipinski definition) is 3. The lowest BCUT2D eigenvalue weighted by Crippen LogP contribution is -2.42. The molecule has 0 spiro atoms. The van der Waals surface area contributed by atoms with E-state index < -0.39 is 10.0 Å². The average Bonchev–Trinajstić information content (AvgIpc) is 2.80. The molecule has 4 rings (SSSR count). The molecule has 1 aliphatic heterocycles. The van der Waals surface area contributed by atoms with E-state index in [1.165, 1.54) is 0 Å². The Balaban J connectivity index is 1.27. The molecule has 6 heteroatoms. The van der Waals surface area contributed by atoms with Crippen molar-refractivity contribution in [3.63, 3.8) is 0 Å². The van der Waals surface area contributed by atoms with Crippen molar-refractivity contribution in [2.75, 3.05) is 24.2 Å². The Morgan fingerprint density at radius 1 is 0.903 bits per heavy atom. The van der Waals surface area contributed by atoms with Gasteiger partial charge in [-0.3, -0.25) is 4.79 Å². The lowest BCUT2D eigenvalue weighted by Gasteiger charge is -2.30. The van der Waals surface area contributed by atoms with E-state index in [1.54, 1.807) is 4.31 Å². The molecule has 0 saturated carbocycles. The van der Waals surface area contributed by atoms with Crippen molar-refractivity contribution in [2.45, 2.75) is 25.7 Å². The Labute approximate surface area is 184 Å². The molecular formula is C25H28N2O3S. The molecule has 1 saturated heterocycles. The van der Waals surface area contributed by atoms with Crippen LogP contribution in [-0.2, 0) is 21.2 Å². The summed E-state index contributed by atoms with van der Waals surface area (Å²) < 4.78 is 26.9. The fraction of sp³-hybridized carbons (Fsp3) is 0.320. The van der Waals surface area contributed by atoms with E-state index in [0.29, 0.717) is 32.4 Å². The zero-order valence-corrected chi connectivity index (χ0v) is 18.4. The molecule has 0 bridgehead atoms. The minimum absolute atomic E-state index is 0.0311. The molecule has 3 aromatic rings. The van der Waals surface area contributed by atoms with Crippen LogP contribution in [0.4, 0.5) is 5.69 Å². The monoisotopic (exact) mass is 436 g/mol. The zero-order valence-electron chi connectivity index (χ0n) is 17.5. The third-order valence-corrected chi connectivity index (χ3v) is 7.90. The predicted octanol–water partition coefficient (Wildman–Crippen LogP) is 4.45. The van der Waals surface area contributed by atoms with Crippen LogP contribution in [-0.4, -0.2) is 37.5 Å². The lowest BCUT2D eigenvalue weighted by atomic mass is 9.97. The van der Waals surface area contributed by atoms with Crippen LogP contribution in [0.2, 0.25) is 0 Å². The summed E-state index contributed by atoms with van der Waals surface area (Å²) in [5.74, 6) is -0.0470. The highest BCUT2D eigenvalue weighted by Gasteiger charge is 2.30. The summed E-state index contributed by atoms with van der Waals surface area (Å²) >= 11 is 0. The van der Waals surface area contributed by atoms with Gasteiger partial charge in [0.25, 0.3) is 0 Å². The Hall–Kier alpha value is -2.70. The number of amides is 1. The zero-order chi connectivity index (χ0) is 21.7. The number of nitrogens with zero attached hydrogens (tertiary/aromatic N) is 1. The first-order chi connectivity index (χ1) is 15.0. The van der Waals surface area contributed by atoms with Crippen molar-refractivity contribution < 1.29 is 13.2 Å². The number of fused-ring (bicyclic) bond motifs is 1. The first kappa shape index (κ1) is 21.5. The second-order valence-corrected chi connectivity index (χ2v) is 10.2. The molecule has 3 aromatic carbocycles. The molecule has 0 unspecified atom stereocenters. The fourth-order valence-electron chi connectivity index (χ4n) is 4.14. The minimum atomic E-state index is -3.28. The van der Waals surface area contributed by atoms with Gasteiger partial charge in [-0.1, -0.05) is 60.7 Å². The largest absolute Gasteiger partial charge is 0.326 e. The molecule has 1 amide bonds. The Morgan fingerprint density at radius 2 is 1.58 bits per heavy atom. The van der Waals surface area contributed by atoms with Gasteiger partial charge in [0, 0.05) is 24.7 Å². The average molecular weight is 437 g/mol. The molecule has 162 valence electrons. The van der Waals surface area contributed by atoms with Crippen LogP contribution in [0.3, 0.4) is 0 Å². The molecule has 0 aromatic heterocycles. The van der Waals surface area contributed by atoms with E-state index in [0.717, 1.165) is 28.4 Å². The quantitative estimate of drug-likeness (QED) is 0.595. The van der Waals surface area contributed by atoms with Crippen molar-refractivity contribution >= 4 is 32.4 Å². The highest BCUT2D eigenvalue weighted by atomic mass is 32.2. The summed E-state index contributed by atoms with van der Waals surface area (Å²) in [6.45, 7) is 0.812. The maximum atomic E-state index is 12.7. The molecular weight excluding hydrogens is 408 g/mol. The molecule has 0 radical (unpaired) electrons. The summed E-state index contributed by atoms with van der Waals surface area (Å²) in [5, 5.41) is 5.21. The molecule has 1 N–H and O–H groups in total. The van der Waals surface area contributed by atoms with E-state index in [4.69, 9.17) is 0 Å². The topological polar surface area (TPSA) is 66.5 Å². The van der Waals surface area contributed by atoms with Gasteiger partial charge in [-0.2, -0.15) is 0 Å². The Morgan fingerprint density at radius 3 is 2.32 bits per heavy atom. The fourth-order valence-corrected chi connectivity index (χ4v) is 5.67. The van der Waals surface area contributed by atoms with Crippen LogP contribution in [0.15, 0.2) is 72.8 Å². The van der Waals surface area contributed by atoms with Crippen LogP contribution >= 0.6 is 0 Å². The number of hydrogen-bond donors (Lipinski definition) is 1. The third-order valence-electron chi connectivity index (χ3n) is 5.95. The molecule has 1 heterocycles. The highest BCUT2D eigenvalue weighted by Crippen LogP contribution is 2.24. The van der Waals surface area contributed by atoms with Gasteiger partial charge >= 0.3 is 0 Å². The van der Waals surface area contributed by atoms with Gasteiger partial charge in [-0.25, -0.2) is 12.7 Å². The number of carbonyl (C=O) groups is 1. The maximum Gasteiger partial charge on any atom is 0.227 e. The number of piperidine rings is 1. The summed E-state index contributed by atoms with van der Waals surface area (Å²) in [6, 6.07) is 23.8. The highest BCUT2D eigenvalue weighted by molar-refractivity contribution is 7.89. The van der Waals surface area contributed by atoms with Gasteiger partial charge in [0.2, 0.25) is 15.9 Å². The number of carbonyl (C=O) groups excluding carboxylic acids is 1. The summed E-state index contributed by atoms with van der Waals surface area (Å²) in [4.78, 5) is 12.7. The van der Waals surface area contributed by atoms with Crippen LogP contribution in [0.5, 0.6) is 0 Å². The van der Waals surface area contributed by atoms with Crippen LogP contribution in [0.1, 0.15) is 24.8 Å². The molecule has 31 heavy (non-hydrogen) atoms. The number of rotatable bonds is 7. The number of benzene rings is 3. The number of sulfonamides is 1. The van der Waals surface area contributed by atoms with Crippen LogP contribution in [0, 0.1) is 5.92 Å². The van der Waals surface area contributed by atoms with Crippen molar-refractivity contribution in [3.05, 3.63) is 78.4 Å². The minimum Gasteiger partial charge on any atom is -0.326 e. The van der Waals surface area contributed by atoms with Gasteiger partial charge in [-0.15, -0.1) is 0 Å². The van der Waals surface area contributed by atoms with Gasteiger partial charge in [-0.05, 0) is 54.2 Å². The van der Waals surface area contributed by atoms with E-state index in [1.807, 2.05) is 72.8 Å².